The number of carbonyl (C=O) groups excluding carboxylic acids is 1. The van der Waals surface area contributed by atoms with Crippen molar-refractivity contribution in [3.63, 3.8) is 0 Å². The van der Waals surface area contributed by atoms with Gasteiger partial charge in [-0.25, -0.2) is 12.8 Å². The van der Waals surface area contributed by atoms with E-state index in [1.165, 1.54) is 36.4 Å². The van der Waals surface area contributed by atoms with Gasteiger partial charge < -0.3 is 14.6 Å². The third kappa shape index (κ3) is 6.85. The maximum absolute atomic E-state index is 13.8. The lowest BCUT2D eigenvalue weighted by Gasteiger charge is -2.19. The number of hydroxylamine groups is 1. The van der Waals surface area contributed by atoms with E-state index in [0.717, 1.165) is 6.07 Å². The summed E-state index contributed by atoms with van der Waals surface area (Å²) in [5.41, 5.74) is 0.279. The smallest absolute Gasteiger partial charge is 0.267 e. The number of nitrogens with one attached hydrogen (secondary N) is 1. The minimum atomic E-state index is -4.26. The highest BCUT2D eigenvalue weighted by atomic mass is 35.5. The number of aliphatic hydroxyl groups is 1. The van der Waals surface area contributed by atoms with Crippen molar-refractivity contribution in [3.05, 3.63) is 58.9 Å². The number of sulfonamides is 1. The lowest BCUT2D eigenvalue weighted by Crippen LogP contribution is -2.46. The van der Waals surface area contributed by atoms with Gasteiger partial charge >= 0.3 is 0 Å². The van der Waals surface area contributed by atoms with Crippen molar-refractivity contribution < 1.29 is 37.4 Å². The van der Waals surface area contributed by atoms with Crippen molar-refractivity contribution >= 4 is 27.5 Å². The van der Waals surface area contributed by atoms with Crippen LogP contribution < -0.4 is 9.57 Å². The van der Waals surface area contributed by atoms with Crippen LogP contribution in [0.5, 0.6) is 5.75 Å². The number of amides is 1. The summed E-state index contributed by atoms with van der Waals surface area (Å²) in [6.45, 7) is -0.0325. The molecule has 2 aromatic rings. The molecule has 3 rings (SSSR count). The molecule has 1 aliphatic heterocycles. The van der Waals surface area contributed by atoms with Crippen LogP contribution in [0.15, 0.2) is 47.4 Å². The summed E-state index contributed by atoms with van der Waals surface area (Å²) < 4.78 is 49.7. The van der Waals surface area contributed by atoms with E-state index in [-0.39, 0.29) is 52.3 Å². The van der Waals surface area contributed by atoms with Crippen LogP contribution in [0.25, 0.3) is 0 Å². The quantitative estimate of drug-likeness (QED) is 0.337. The first-order chi connectivity index (χ1) is 15.7. The van der Waals surface area contributed by atoms with Gasteiger partial charge in [0.2, 0.25) is 0 Å². The molecule has 180 valence electrons. The van der Waals surface area contributed by atoms with Crippen molar-refractivity contribution in [2.45, 2.75) is 36.9 Å². The number of nitrogens with zero attached hydrogens (tertiary/aromatic N) is 1. The second kappa shape index (κ2) is 11.2. The molecule has 0 aromatic heterocycles. The summed E-state index contributed by atoms with van der Waals surface area (Å²) in [6, 6.07) is 9.34. The van der Waals surface area contributed by atoms with Crippen LogP contribution in [0.4, 0.5) is 4.39 Å². The molecule has 2 unspecified atom stereocenters. The zero-order chi connectivity index (χ0) is 24.0. The number of ether oxygens (including phenoxy) is 2. The molecule has 2 atom stereocenters. The van der Waals surface area contributed by atoms with Crippen LogP contribution in [-0.4, -0.2) is 49.1 Å². The molecule has 0 spiro atoms. The van der Waals surface area contributed by atoms with Crippen molar-refractivity contribution in [2.24, 2.45) is 5.92 Å². The van der Waals surface area contributed by atoms with Crippen molar-refractivity contribution in [2.75, 3.05) is 13.2 Å². The van der Waals surface area contributed by atoms with Crippen LogP contribution >= 0.6 is 11.6 Å². The van der Waals surface area contributed by atoms with E-state index < -0.39 is 27.7 Å². The largest absolute Gasteiger partial charge is 0.489 e. The Morgan fingerprint density at radius 3 is 2.67 bits per heavy atom. The second-order valence-electron chi connectivity index (χ2n) is 7.49. The van der Waals surface area contributed by atoms with Gasteiger partial charge in [-0.2, -0.15) is 0 Å². The van der Waals surface area contributed by atoms with Gasteiger partial charge in [-0.15, -0.1) is 5.17 Å². The Morgan fingerprint density at radius 1 is 1.27 bits per heavy atom. The maximum atomic E-state index is 13.8. The highest BCUT2D eigenvalue weighted by Gasteiger charge is 2.34. The number of aliphatic hydroxyl groups excluding tert-OH is 1. The van der Waals surface area contributed by atoms with E-state index in [2.05, 4.69) is 0 Å². The average molecular weight is 503 g/mol. The summed E-state index contributed by atoms with van der Waals surface area (Å²) >= 11 is 5.71. The van der Waals surface area contributed by atoms with Crippen LogP contribution in [0.3, 0.4) is 0 Å². The Morgan fingerprint density at radius 2 is 2.00 bits per heavy atom. The maximum Gasteiger partial charge on any atom is 0.267 e. The molecule has 1 heterocycles. The van der Waals surface area contributed by atoms with Gasteiger partial charge in [0.15, 0.2) is 0 Å². The molecule has 3 N–H and O–H groups in total. The average Bonchev–Trinajstić information content (AvgIpc) is 3.25. The minimum absolute atomic E-state index is 0.00619. The topological polar surface area (TPSA) is 125 Å². The zero-order valence-electron chi connectivity index (χ0n) is 17.5. The summed E-state index contributed by atoms with van der Waals surface area (Å²) in [5.74, 6) is -1.77. The lowest BCUT2D eigenvalue weighted by molar-refractivity contribution is -0.177. The molecule has 0 saturated carbocycles. The first-order valence-corrected chi connectivity index (χ1v) is 12.0. The first kappa shape index (κ1) is 25.3. The van der Waals surface area contributed by atoms with Gasteiger partial charge in [0.25, 0.3) is 15.9 Å². The van der Waals surface area contributed by atoms with Crippen LogP contribution in [0, 0.1) is 11.7 Å². The molecule has 0 radical (unpaired) electrons. The molecule has 2 aromatic carbocycles. The van der Waals surface area contributed by atoms with E-state index in [0.29, 0.717) is 19.3 Å². The van der Waals surface area contributed by atoms with Gasteiger partial charge in [0, 0.05) is 17.2 Å². The first-order valence-electron chi connectivity index (χ1n) is 10.1. The van der Waals surface area contributed by atoms with Gasteiger partial charge in [0.05, 0.1) is 23.5 Å². The number of hydrogen-bond acceptors (Lipinski definition) is 7. The third-order valence-electron chi connectivity index (χ3n) is 5.07. The van der Waals surface area contributed by atoms with Gasteiger partial charge in [-0.3, -0.25) is 10.0 Å². The molecule has 9 nitrogen and oxygen atoms in total. The van der Waals surface area contributed by atoms with E-state index in [9.17, 15) is 22.8 Å². The molecule has 0 bridgehead atoms. The fourth-order valence-corrected chi connectivity index (χ4v) is 4.37. The molecule has 1 fully saturated rings. The van der Waals surface area contributed by atoms with Crippen molar-refractivity contribution in [3.8, 4) is 5.75 Å². The number of hydrogen-bond donors (Lipinski definition) is 3. The lowest BCUT2D eigenvalue weighted by atomic mass is 10.0. The monoisotopic (exact) mass is 502 g/mol. The van der Waals surface area contributed by atoms with E-state index in [1.807, 2.05) is 4.83 Å². The molecule has 1 aliphatic rings. The van der Waals surface area contributed by atoms with Gasteiger partial charge in [0.1, 0.15) is 18.2 Å². The number of rotatable bonds is 10. The fourth-order valence-electron chi connectivity index (χ4n) is 3.30. The molecule has 12 heteroatoms. The van der Waals surface area contributed by atoms with Crippen LogP contribution in [0.2, 0.25) is 5.02 Å². The summed E-state index contributed by atoms with van der Waals surface area (Å²) in [5, 5.41) is 19.1. The Bertz CT molecular complexity index is 1070. The van der Waals surface area contributed by atoms with Crippen LogP contribution in [0.1, 0.15) is 24.8 Å². The fraction of sp³-hybridized carbons (Fsp3) is 0.381. The molecule has 0 aliphatic carbocycles. The number of hydrazine groups is 1. The summed E-state index contributed by atoms with van der Waals surface area (Å²) in [7, 11) is -4.26. The Balaban J connectivity index is 1.55. The van der Waals surface area contributed by atoms with E-state index >= 15 is 0 Å². The van der Waals surface area contributed by atoms with Gasteiger partial charge in [-0.05, 0) is 55.7 Å². The predicted molar refractivity (Wildman–Crippen MR) is 115 cm³/mol. The highest BCUT2D eigenvalue weighted by molar-refractivity contribution is 7.89. The Labute approximate surface area is 195 Å². The third-order valence-corrected chi connectivity index (χ3v) is 6.61. The molecule has 33 heavy (non-hydrogen) atoms. The van der Waals surface area contributed by atoms with Crippen molar-refractivity contribution in [1.82, 2.24) is 10.0 Å². The van der Waals surface area contributed by atoms with E-state index in [1.54, 1.807) is 0 Å². The number of halogens is 2. The predicted octanol–water partition coefficient (Wildman–Crippen LogP) is 2.65. The Kier molecular flexibility index (Phi) is 8.63. The molecule has 1 saturated heterocycles. The summed E-state index contributed by atoms with van der Waals surface area (Å²) in [6.07, 6.45) is 1.18. The Hall–Kier alpha value is -2.28. The van der Waals surface area contributed by atoms with Crippen LogP contribution in [-0.2, 0) is 26.2 Å². The number of benzene rings is 2. The summed E-state index contributed by atoms with van der Waals surface area (Å²) in [4.78, 5) is 13.9. The standard InChI is InChI=1S/C21H24ClFN2O7S/c22-16-4-3-14(20(23)11-16)12-31-17-5-7-19(8-6-17)33(29,30)24-25(28)21(27)15-10-18(32-13-15)2-1-9-26/h3-8,11,15,18,24,26,28H,1-2,9-10,12-13H2. The molecular weight excluding hydrogens is 479 g/mol. The molecule has 1 amide bonds. The minimum Gasteiger partial charge on any atom is -0.489 e. The normalized spacial score (nSPS) is 18.3. The second-order valence-corrected chi connectivity index (χ2v) is 9.59. The van der Waals surface area contributed by atoms with Crippen molar-refractivity contribution in [1.29, 1.82) is 0 Å². The van der Waals surface area contributed by atoms with Gasteiger partial charge in [-0.1, -0.05) is 22.5 Å². The zero-order valence-corrected chi connectivity index (χ0v) is 19.1. The highest BCUT2D eigenvalue weighted by Crippen LogP contribution is 2.25. The number of carbonyl (C=O) groups is 1. The SMILES string of the molecule is O=C(C1COC(CCCO)C1)N(O)NS(=O)(=O)c1ccc(OCc2ccc(Cl)cc2F)cc1. The van der Waals surface area contributed by atoms with E-state index in [4.69, 9.17) is 26.2 Å². The molecular formula is C21H24ClFN2O7S.